The highest BCUT2D eigenvalue weighted by Crippen LogP contribution is 2.38. The van der Waals surface area contributed by atoms with Crippen molar-refractivity contribution in [1.29, 1.82) is 0 Å². The summed E-state index contributed by atoms with van der Waals surface area (Å²) in [7, 11) is 0. The molecule has 4 rings (SSSR count). The van der Waals surface area contributed by atoms with Gasteiger partial charge in [0.2, 0.25) is 5.91 Å². The van der Waals surface area contributed by atoms with Crippen molar-refractivity contribution in [3.63, 3.8) is 0 Å². The number of H-pyrrole nitrogens is 1. The molecule has 0 saturated heterocycles. The van der Waals surface area contributed by atoms with E-state index in [2.05, 4.69) is 10.3 Å². The molecule has 5 heteroatoms. The Balaban J connectivity index is 1.96. The van der Waals surface area contributed by atoms with Crippen LogP contribution in [0.3, 0.4) is 0 Å². The van der Waals surface area contributed by atoms with Gasteiger partial charge in [0.05, 0.1) is 17.8 Å². The van der Waals surface area contributed by atoms with Gasteiger partial charge in [-0.15, -0.1) is 0 Å². The number of halogens is 1. The molecule has 1 aliphatic rings. The molecule has 4 nitrogen and oxygen atoms in total. The summed E-state index contributed by atoms with van der Waals surface area (Å²) in [5.74, 6) is -0.514. The van der Waals surface area contributed by atoms with Crippen LogP contribution in [0, 0.1) is 5.82 Å². The van der Waals surface area contributed by atoms with Crippen LogP contribution in [0.1, 0.15) is 18.1 Å². The monoisotopic (exact) mass is 334 g/mol. The maximum absolute atomic E-state index is 13.7. The average Bonchev–Trinajstić information content (AvgIpc) is 2.84. The normalized spacial score (nSPS) is 13.4. The lowest BCUT2D eigenvalue weighted by molar-refractivity contribution is -0.115. The van der Waals surface area contributed by atoms with Gasteiger partial charge in [-0.3, -0.25) is 9.59 Å². The van der Waals surface area contributed by atoms with E-state index >= 15 is 0 Å². The number of hydrogen-bond acceptors (Lipinski definition) is 2. The fraction of sp³-hybridized carbons (Fsp3) is 0.100. The van der Waals surface area contributed by atoms with Crippen LogP contribution in [0.2, 0.25) is 0 Å². The molecule has 2 heterocycles. The van der Waals surface area contributed by atoms with Gasteiger partial charge in [-0.25, -0.2) is 4.39 Å². The van der Waals surface area contributed by atoms with Gasteiger partial charge < -0.3 is 10.3 Å². The fourth-order valence-electron chi connectivity index (χ4n) is 3.18. The Hall–Kier alpha value is -3.21. The van der Waals surface area contributed by atoms with Crippen molar-refractivity contribution < 1.29 is 14.0 Å². The number of carbonyl (C=O) groups is 2. The van der Waals surface area contributed by atoms with E-state index in [0.29, 0.717) is 11.1 Å². The van der Waals surface area contributed by atoms with Crippen LogP contribution in [0.5, 0.6) is 0 Å². The van der Waals surface area contributed by atoms with E-state index in [1.54, 1.807) is 12.1 Å². The van der Waals surface area contributed by atoms with Gasteiger partial charge in [0, 0.05) is 16.5 Å². The molecule has 1 aromatic heterocycles. The third-order valence-electron chi connectivity index (χ3n) is 4.30. The summed E-state index contributed by atoms with van der Waals surface area (Å²) in [5.41, 5.74) is 4.72. The summed E-state index contributed by atoms with van der Waals surface area (Å²) in [6, 6.07) is 10.1. The number of carbonyl (C=O) groups excluding carboxylic acids is 2. The SMILES string of the molecule is CC(=O)/C=C/c1ccc2c(c1)-c1[nH]c3ccc(F)cc3c1CC(=O)N2. The zero-order chi connectivity index (χ0) is 17.6. The number of benzene rings is 2. The topological polar surface area (TPSA) is 62.0 Å². The number of fused-ring (bicyclic) bond motifs is 5. The van der Waals surface area contributed by atoms with E-state index in [1.807, 2.05) is 18.2 Å². The molecule has 1 aliphatic heterocycles. The Bertz CT molecular complexity index is 1060. The molecule has 3 aromatic rings. The van der Waals surface area contributed by atoms with Gasteiger partial charge >= 0.3 is 0 Å². The number of amides is 1. The minimum atomic E-state index is -0.336. The molecule has 0 aliphatic carbocycles. The van der Waals surface area contributed by atoms with Crippen molar-refractivity contribution in [1.82, 2.24) is 4.98 Å². The second-order valence-electron chi connectivity index (χ2n) is 6.14. The van der Waals surface area contributed by atoms with Crippen LogP contribution >= 0.6 is 0 Å². The maximum atomic E-state index is 13.7. The van der Waals surface area contributed by atoms with E-state index in [-0.39, 0.29) is 23.9 Å². The lowest BCUT2D eigenvalue weighted by Crippen LogP contribution is -2.12. The van der Waals surface area contributed by atoms with E-state index in [0.717, 1.165) is 27.9 Å². The van der Waals surface area contributed by atoms with Gasteiger partial charge in [0.15, 0.2) is 5.78 Å². The molecule has 0 spiro atoms. The van der Waals surface area contributed by atoms with Crippen LogP contribution < -0.4 is 5.32 Å². The lowest BCUT2D eigenvalue weighted by atomic mass is 10.0. The second-order valence-corrected chi connectivity index (χ2v) is 6.14. The molecule has 0 radical (unpaired) electrons. The van der Waals surface area contributed by atoms with Crippen molar-refractivity contribution >= 4 is 34.4 Å². The van der Waals surface area contributed by atoms with E-state index in [4.69, 9.17) is 0 Å². The number of rotatable bonds is 2. The first-order valence-electron chi connectivity index (χ1n) is 7.94. The average molecular weight is 334 g/mol. The first-order valence-corrected chi connectivity index (χ1v) is 7.94. The zero-order valence-electron chi connectivity index (χ0n) is 13.5. The zero-order valence-corrected chi connectivity index (χ0v) is 13.5. The molecule has 25 heavy (non-hydrogen) atoms. The Morgan fingerprint density at radius 2 is 2.04 bits per heavy atom. The molecule has 0 saturated carbocycles. The highest BCUT2D eigenvalue weighted by molar-refractivity contribution is 6.05. The number of aromatic amines is 1. The summed E-state index contributed by atoms with van der Waals surface area (Å²) in [4.78, 5) is 26.7. The number of anilines is 1. The van der Waals surface area contributed by atoms with Crippen molar-refractivity contribution in [3.05, 3.63) is 59.4 Å². The fourth-order valence-corrected chi connectivity index (χ4v) is 3.18. The predicted molar refractivity (Wildman–Crippen MR) is 95.7 cm³/mol. The highest BCUT2D eigenvalue weighted by Gasteiger charge is 2.23. The maximum Gasteiger partial charge on any atom is 0.228 e. The van der Waals surface area contributed by atoms with Gasteiger partial charge in [0.1, 0.15) is 5.82 Å². The van der Waals surface area contributed by atoms with Crippen molar-refractivity contribution in [2.24, 2.45) is 0 Å². The Morgan fingerprint density at radius 3 is 2.84 bits per heavy atom. The molecule has 1 amide bonds. The van der Waals surface area contributed by atoms with Gasteiger partial charge in [-0.1, -0.05) is 12.1 Å². The first kappa shape index (κ1) is 15.3. The molecule has 124 valence electrons. The molecule has 0 bridgehead atoms. The van der Waals surface area contributed by atoms with Gasteiger partial charge in [-0.2, -0.15) is 0 Å². The molecule has 0 fully saturated rings. The van der Waals surface area contributed by atoms with Crippen LogP contribution in [-0.4, -0.2) is 16.7 Å². The molecule has 0 atom stereocenters. The van der Waals surface area contributed by atoms with Gasteiger partial charge in [0.25, 0.3) is 0 Å². The Kier molecular flexibility index (Phi) is 3.50. The molecular weight excluding hydrogens is 319 g/mol. The molecule has 0 unspecified atom stereocenters. The number of hydrogen-bond donors (Lipinski definition) is 2. The Morgan fingerprint density at radius 1 is 1.20 bits per heavy atom. The summed E-state index contributed by atoms with van der Waals surface area (Å²) in [5, 5.41) is 3.59. The summed E-state index contributed by atoms with van der Waals surface area (Å²) in [6.07, 6.45) is 3.40. The standard InChI is InChI=1S/C20H15FN2O2/c1-11(24)2-3-12-4-6-18-16(8-12)20-15(10-19(25)22-18)14-9-13(21)5-7-17(14)23-20/h2-9,23H,10H2,1H3,(H,22,25)/b3-2+. The number of allylic oxidation sites excluding steroid dienone is 1. The predicted octanol–water partition coefficient (Wildman–Crippen LogP) is 4.07. The van der Waals surface area contributed by atoms with Gasteiger partial charge in [-0.05, 0) is 54.5 Å². The number of ketones is 1. The van der Waals surface area contributed by atoms with E-state index in [1.165, 1.54) is 25.1 Å². The molecule has 2 N–H and O–H groups in total. The van der Waals surface area contributed by atoms with Crippen LogP contribution in [0.25, 0.3) is 28.2 Å². The lowest BCUT2D eigenvalue weighted by Gasteiger charge is -2.08. The van der Waals surface area contributed by atoms with Crippen LogP contribution in [0.4, 0.5) is 10.1 Å². The van der Waals surface area contributed by atoms with E-state index in [9.17, 15) is 14.0 Å². The van der Waals surface area contributed by atoms with Crippen LogP contribution in [-0.2, 0) is 16.0 Å². The third-order valence-corrected chi connectivity index (χ3v) is 4.30. The summed E-state index contributed by atoms with van der Waals surface area (Å²) >= 11 is 0. The third kappa shape index (κ3) is 2.74. The highest BCUT2D eigenvalue weighted by atomic mass is 19.1. The number of nitrogens with one attached hydrogen (secondary N) is 2. The van der Waals surface area contributed by atoms with Crippen molar-refractivity contribution in [3.8, 4) is 11.3 Å². The summed E-state index contributed by atoms with van der Waals surface area (Å²) in [6.45, 7) is 1.49. The van der Waals surface area contributed by atoms with E-state index < -0.39 is 0 Å². The van der Waals surface area contributed by atoms with Crippen molar-refractivity contribution in [2.75, 3.05) is 5.32 Å². The minimum Gasteiger partial charge on any atom is -0.354 e. The largest absolute Gasteiger partial charge is 0.354 e. The molecular formula is C20H15FN2O2. The smallest absolute Gasteiger partial charge is 0.228 e. The first-order chi connectivity index (χ1) is 12.0. The van der Waals surface area contributed by atoms with Crippen molar-refractivity contribution in [2.45, 2.75) is 13.3 Å². The summed E-state index contributed by atoms with van der Waals surface area (Å²) < 4.78 is 13.7. The minimum absolute atomic E-state index is 0.0370. The molecule has 2 aromatic carbocycles. The van der Waals surface area contributed by atoms with Crippen LogP contribution in [0.15, 0.2) is 42.5 Å². The number of aromatic nitrogens is 1. The second kappa shape index (κ2) is 5.70. The Labute approximate surface area is 143 Å². The quantitative estimate of drug-likeness (QED) is 0.694.